The van der Waals surface area contributed by atoms with E-state index in [-0.39, 0.29) is 13.2 Å². The lowest BCUT2D eigenvalue weighted by molar-refractivity contribution is -0.484. The molecule has 0 aliphatic carbocycles. The molecule has 0 spiro atoms. The second kappa shape index (κ2) is 9.61. The summed E-state index contributed by atoms with van der Waals surface area (Å²) in [7, 11) is 1.47. The molecule has 1 atom stereocenters. The Bertz CT molecular complexity index is 611. The molecule has 8 heteroatoms. The summed E-state index contributed by atoms with van der Waals surface area (Å²) in [5, 5.41) is 11.1. The average Bonchev–Trinajstić information content (AvgIpc) is 2.55. The van der Waals surface area contributed by atoms with E-state index in [1.165, 1.54) is 7.11 Å². The van der Waals surface area contributed by atoms with E-state index in [1.54, 1.807) is 32.0 Å². The number of hydrogen-bond acceptors (Lipinski definition) is 7. The predicted molar refractivity (Wildman–Crippen MR) is 89.1 cm³/mol. The summed E-state index contributed by atoms with van der Waals surface area (Å²) in [5.74, 6) is -3.61. The van der Waals surface area contributed by atoms with Gasteiger partial charge in [-0.25, -0.2) is 0 Å². The van der Waals surface area contributed by atoms with Crippen LogP contribution in [0.3, 0.4) is 0 Å². The second-order valence-corrected chi connectivity index (χ2v) is 5.33. The summed E-state index contributed by atoms with van der Waals surface area (Å²) in [6.45, 7) is 4.50. The van der Waals surface area contributed by atoms with Crippen molar-refractivity contribution in [2.45, 2.75) is 26.7 Å². The van der Waals surface area contributed by atoms with Crippen LogP contribution in [0.15, 0.2) is 18.2 Å². The van der Waals surface area contributed by atoms with E-state index in [0.29, 0.717) is 11.3 Å². The van der Waals surface area contributed by atoms with Crippen LogP contribution in [-0.2, 0) is 19.1 Å². The third-order valence-corrected chi connectivity index (χ3v) is 3.69. The number of carbonyl (C=O) groups excluding carboxylic acids is 2. The number of aryl methyl sites for hydroxylation is 1. The highest BCUT2D eigenvalue weighted by Crippen LogP contribution is 2.31. The van der Waals surface area contributed by atoms with Crippen LogP contribution in [0.5, 0.6) is 5.75 Å². The normalized spacial score (nSPS) is 11.7. The van der Waals surface area contributed by atoms with Gasteiger partial charge in [0.2, 0.25) is 6.54 Å². The van der Waals surface area contributed by atoms with E-state index >= 15 is 0 Å². The topological polar surface area (TPSA) is 105 Å². The van der Waals surface area contributed by atoms with E-state index in [0.717, 1.165) is 5.56 Å². The molecule has 1 aromatic rings. The van der Waals surface area contributed by atoms with Gasteiger partial charge in [0.05, 0.1) is 26.2 Å². The standard InChI is InChI=1S/C17H23NO7/c1-5-24-16(19)15(17(20)25-6-2)13(10-18(21)22)12-8-7-11(3)14(9-12)23-4/h7-9,13,15H,5-6,10H2,1-4H3. The Kier molecular flexibility index (Phi) is 7.84. The average molecular weight is 353 g/mol. The van der Waals surface area contributed by atoms with Crippen molar-refractivity contribution in [3.05, 3.63) is 39.4 Å². The van der Waals surface area contributed by atoms with Crippen molar-refractivity contribution in [1.82, 2.24) is 0 Å². The molecule has 1 rings (SSSR count). The molecular weight excluding hydrogens is 330 g/mol. The fourth-order valence-electron chi connectivity index (χ4n) is 2.52. The predicted octanol–water partition coefficient (Wildman–Crippen LogP) is 2.11. The fraction of sp³-hybridized carbons (Fsp3) is 0.529. The monoisotopic (exact) mass is 353 g/mol. The van der Waals surface area contributed by atoms with E-state index < -0.39 is 35.2 Å². The molecule has 0 bridgehead atoms. The molecule has 0 aromatic heterocycles. The highest BCUT2D eigenvalue weighted by Gasteiger charge is 2.41. The van der Waals surface area contributed by atoms with Gasteiger partial charge in [-0.1, -0.05) is 12.1 Å². The summed E-state index contributed by atoms with van der Waals surface area (Å²) in [6, 6.07) is 4.95. The maximum atomic E-state index is 12.3. The van der Waals surface area contributed by atoms with Crippen molar-refractivity contribution in [3.8, 4) is 5.75 Å². The van der Waals surface area contributed by atoms with Gasteiger partial charge < -0.3 is 14.2 Å². The summed E-state index contributed by atoms with van der Waals surface area (Å²) >= 11 is 0. The lowest BCUT2D eigenvalue weighted by atomic mass is 9.85. The molecule has 0 aliphatic heterocycles. The van der Waals surface area contributed by atoms with Crippen LogP contribution in [0.25, 0.3) is 0 Å². The summed E-state index contributed by atoms with van der Waals surface area (Å²) in [5.41, 5.74) is 1.26. The molecule has 0 radical (unpaired) electrons. The number of hydrogen-bond donors (Lipinski definition) is 0. The van der Waals surface area contributed by atoms with Gasteiger partial charge >= 0.3 is 11.9 Å². The van der Waals surface area contributed by atoms with Crippen LogP contribution in [0.2, 0.25) is 0 Å². The number of carbonyl (C=O) groups is 2. The van der Waals surface area contributed by atoms with Crippen LogP contribution < -0.4 is 4.74 Å². The Morgan fingerprint density at radius 3 is 2.16 bits per heavy atom. The van der Waals surface area contributed by atoms with Crippen LogP contribution in [0, 0.1) is 23.0 Å². The largest absolute Gasteiger partial charge is 0.496 e. The zero-order valence-corrected chi connectivity index (χ0v) is 14.8. The minimum atomic E-state index is -1.42. The van der Waals surface area contributed by atoms with E-state index in [9.17, 15) is 19.7 Å². The van der Waals surface area contributed by atoms with Gasteiger partial charge in [0.15, 0.2) is 5.92 Å². The molecular formula is C17H23NO7. The molecule has 0 N–H and O–H groups in total. The molecule has 1 aromatic carbocycles. The Labute approximate surface area is 146 Å². The van der Waals surface area contributed by atoms with E-state index in [4.69, 9.17) is 14.2 Å². The number of esters is 2. The number of nitro groups is 1. The first-order chi connectivity index (χ1) is 11.8. The maximum Gasteiger partial charge on any atom is 0.321 e. The molecule has 0 amide bonds. The number of ether oxygens (including phenoxy) is 3. The first kappa shape index (κ1) is 20.4. The lowest BCUT2D eigenvalue weighted by Gasteiger charge is -2.22. The SMILES string of the molecule is CCOC(=O)C(C(=O)OCC)C(C[N+](=O)[O-])c1ccc(C)c(OC)c1. The van der Waals surface area contributed by atoms with Gasteiger partial charge in [0.25, 0.3) is 0 Å². The van der Waals surface area contributed by atoms with Crippen LogP contribution in [0.4, 0.5) is 0 Å². The van der Waals surface area contributed by atoms with Crippen molar-refractivity contribution in [2.75, 3.05) is 26.9 Å². The summed E-state index contributed by atoms with van der Waals surface area (Å²) < 4.78 is 15.1. The van der Waals surface area contributed by atoms with E-state index in [2.05, 4.69) is 0 Å². The van der Waals surface area contributed by atoms with Gasteiger partial charge in [-0.15, -0.1) is 0 Å². The molecule has 0 saturated heterocycles. The van der Waals surface area contributed by atoms with Crippen molar-refractivity contribution >= 4 is 11.9 Å². The Hall–Kier alpha value is -2.64. The first-order valence-electron chi connectivity index (χ1n) is 7.95. The molecule has 1 unspecified atom stereocenters. The molecule has 0 heterocycles. The lowest BCUT2D eigenvalue weighted by Crippen LogP contribution is -2.36. The minimum absolute atomic E-state index is 0.0527. The van der Waals surface area contributed by atoms with Crippen LogP contribution in [-0.4, -0.2) is 43.7 Å². The quantitative estimate of drug-likeness (QED) is 0.290. The maximum absolute atomic E-state index is 12.3. The van der Waals surface area contributed by atoms with Gasteiger partial charge in [-0.3, -0.25) is 19.7 Å². The number of nitrogens with zero attached hydrogens (tertiary/aromatic N) is 1. The van der Waals surface area contributed by atoms with Crippen molar-refractivity contribution in [1.29, 1.82) is 0 Å². The first-order valence-corrected chi connectivity index (χ1v) is 7.95. The molecule has 138 valence electrons. The highest BCUT2D eigenvalue weighted by molar-refractivity contribution is 5.96. The second-order valence-electron chi connectivity index (χ2n) is 5.33. The molecule has 0 aliphatic rings. The number of methoxy groups -OCH3 is 1. The fourth-order valence-corrected chi connectivity index (χ4v) is 2.52. The Balaban J connectivity index is 3.38. The Morgan fingerprint density at radius 1 is 1.16 bits per heavy atom. The number of benzene rings is 1. The molecule has 8 nitrogen and oxygen atoms in total. The zero-order valence-electron chi connectivity index (χ0n) is 14.8. The minimum Gasteiger partial charge on any atom is -0.496 e. The summed E-state index contributed by atoms with van der Waals surface area (Å²) in [6.07, 6.45) is 0. The molecule has 25 heavy (non-hydrogen) atoms. The van der Waals surface area contributed by atoms with Crippen molar-refractivity contribution in [2.24, 2.45) is 5.92 Å². The summed E-state index contributed by atoms with van der Waals surface area (Å²) in [4.78, 5) is 35.2. The van der Waals surface area contributed by atoms with Gasteiger partial charge in [-0.2, -0.15) is 0 Å². The van der Waals surface area contributed by atoms with Crippen molar-refractivity contribution < 1.29 is 28.7 Å². The van der Waals surface area contributed by atoms with Gasteiger partial charge in [-0.05, 0) is 38.0 Å². The molecule has 0 saturated carbocycles. The van der Waals surface area contributed by atoms with Gasteiger partial charge in [0, 0.05) is 4.92 Å². The van der Waals surface area contributed by atoms with Crippen molar-refractivity contribution in [3.63, 3.8) is 0 Å². The van der Waals surface area contributed by atoms with Gasteiger partial charge in [0.1, 0.15) is 5.75 Å². The smallest absolute Gasteiger partial charge is 0.321 e. The van der Waals surface area contributed by atoms with Crippen LogP contribution in [0.1, 0.15) is 30.9 Å². The highest BCUT2D eigenvalue weighted by atomic mass is 16.6. The Morgan fingerprint density at radius 2 is 1.72 bits per heavy atom. The molecule has 0 fully saturated rings. The third kappa shape index (κ3) is 5.44. The third-order valence-electron chi connectivity index (χ3n) is 3.69. The van der Waals surface area contributed by atoms with Crippen LogP contribution >= 0.6 is 0 Å². The number of rotatable bonds is 9. The van der Waals surface area contributed by atoms with E-state index in [1.807, 2.05) is 6.92 Å². The zero-order chi connectivity index (χ0) is 19.0.